The molecule has 64 valence electrons. The fourth-order valence-corrected chi connectivity index (χ4v) is 1.56. The van der Waals surface area contributed by atoms with Crippen molar-refractivity contribution in [2.45, 2.75) is 12.8 Å². The first-order valence-corrected chi connectivity index (χ1v) is 5.27. The van der Waals surface area contributed by atoms with Gasteiger partial charge >= 0.3 is 52.7 Å². The summed E-state index contributed by atoms with van der Waals surface area (Å²) in [5.74, 6) is 0. The van der Waals surface area contributed by atoms with Crippen molar-refractivity contribution in [2.75, 3.05) is 13.2 Å². The average molecular weight is 260 g/mol. The van der Waals surface area contributed by atoms with Crippen LogP contribution in [-0.4, -0.2) is 39.9 Å². The maximum atomic E-state index is 4.94. The topological polar surface area (TPSA) is 22.1 Å². The fraction of sp³-hybridized carbons (Fsp3) is 0.571. The van der Waals surface area contributed by atoms with Gasteiger partial charge in [-0.15, -0.1) is 0 Å². The van der Waals surface area contributed by atoms with E-state index in [9.17, 15) is 0 Å². The third-order valence-corrected chi connectivity index (χ3v) is 2.63. The zero-order valence-corrected chi connectivity index (χ0v) is 10.6. The Morgan fingerprint density at radius 1 is 1.42 bits per heavy atom. The van der Waals surface area contributed by atoms with Gasteiger partial charge in [0, 0.05) is 13.2 Å². The summed E-state index contributed by atoms with van der Waals surface area (Å²) in [5, 5.41) is 1.97. The first-order chi connectivity index (χ1) is 5.39. The molecule has 0 N–H and O–H groups in total. The Hall–Kier alpha value is 0.836. The van der Waals surface area contributed by atoms with Crippen LogP contribution in [0.2, 0.25) is 0 Å². The molecule has 0 unspecified atom stereocenters. The van der Waals surface area contributed by atoms with E-state index >= 15 is 0 Å². The van der Waals surface area contributed by atoms with Crippen LogP contribution in [0.4, 0.5) is 0 Å². The second-order valence-corrected chi connectivity index (χ2v) is 4.41. The minimum absolute atomic E-state index is 0. The summed E-state index contributed by atoms with van der Waals surface area (Å²) in [6.07, 6.45) is 4.37. The monoisotopic (exact) mass is 259 g/mol. The quantitative estimate of drug-likeness (QED) is 0.491. The van der Waals surface area contributed by atoms with Gasteiger partial charge in [0.1, 0.15) is 0 Å². The van der Waals surface area contributed by atoms with Crippen LogP contribution < -0.4 is 20.1 Å². The number of hydrogen-bond donors (Lipinski definition) is 0. The van der Waals surface area contributed by atoms with E-state index in [1.165, 1.54) is 12.8 Å². The van der Waals surface area contributed by atoms with E-state index in [2.05, 4.69) is 4.98 Å². The van der Waals surface area contributed by atoms with Crippen LogP contribution in [0.5, 0.6) is 0 Å². The van der Waals surface area contributed by atoms with Crippen molar-refractivity contribution in [3.8, 4) is 0 Å². The van der Waals surface area contributed by atoms with Gasteiger partial charge in [-0.2, -0.15) is 0 Å². The van der Waals surface area contributed by atoms with Gasteiger partial charge in [-0.3, -0.25) is 0 Å². The number of hydrogen-bond acceptors (Lipinski definition) is 3. The second kappa shape index (κ2) is 8.44. The van der Waals surface area contributed by atoms with Crippen LogP contribution in [0.15, 0.2) is 11.6 Å². The van der Waals surface area contributed by atoms with E-state index in [0.717, 1.165) is 16.4 Å². The zero-order valence-electron chi connectivity index (χ0n) is 6.83. The molecule has 12 heavy (non-hydrogen) atoms. The van der Waals surface area contributed by atoms with Crippen molar-refractivity contribution in [1.82, 2.24) is 4.98 Å². The molecule has 0 atom stereocenters. The Kier molecular flexibility index (Phi) is 9.02. The van der Waals surface area contributed by atoms with Crippen molar-refractivity contribution in [3.63, 3.8) is 0 Å². The van der Waals surface area contributed by atoms with Gasteiger partial charge in [-0.1, -0.05) is 0 Å². The van der Waals surface area contributed by atoms with E-state index in [0.29, 0.717) is 0 Å². The van der Waals surface area contributed by atoms with Crippen LogP contribution >= 0.6 is 11.3 Å². The summed E-state index contributed by atoms with van der Waals surface area (Å²) < 4.78 is 6.11. The number of nitrogens with zero attached hydrogens (tertiary/aromatic N) is 1. The molecule has 0 amide bonds. The first kappa shape index (κ1) is 12.8. The predicted octanol–water partition coefficient (Wildman–Crippen LogP) is -2.26. The molecule has 2 nitrogen and oxygen atoms in total. The van der Waals surface area contributed by atoms with Gasteiger partial charge in [-0.25, -0.2) is 0 Å². The van der Waals surface area contributed by atoms with Crippen LogP contribution in [0.25, 0.3) is 0 Å². The van der Waals surface area contributed by atoms with E-state index in [1.807, 2.05) is 33.3 Å². The second-order valence-electron chi connectivity index (χ2n) is 2.25. The number of aromatic nitrogens is 1. The van der Waals surface area contributed by atoms with Gasteiger partial charge in [0.15, 0.2) is 0 Å². The normalized spacial score (nSPS) is 14.5. The first-order valence-electron chi connectivity index (χ1n) is 3.69. The summed E-state index contributed by atoms with van der Waals surface area (Å²) in [5.41, 5.74) is 0. The van der Waals surface area contributed by atoms with Gasteiger partial charge in [-0.05, 0) is 12.8 Å². The van der Waals surface area contributed by atoms with Crippen LogP contribution in [0, 0.1) is 0 Å². The Morgan fingerprint density at radius 3 is 2.25 bits per heavy atom. The zero-order chi connectivity index (χ0) is 7.94. The molecule has 1 aliphatic heterocycles. The molecule has 1 aromatic heterocycles. The van der Waals surface area contributed by atoms with E-state index in [1.54, 1.807) is 11.3 Å². The molecule has 1 fully saturated rings. The molecule has 2 rings (SSSR count). The summed E-state index contributed by atoms with van der Waals surface area (Å²) >= 11 is 3.49. The third kappa shape index (κ3) is 6.36. The molecule has 2 heterocycles. The van der Waals surface area contributed by atoms with Crippen molar-refractivity contribution >= 4 is 36.2 Å². The molecule has 1 saturated heterocycles. The molecule has 0 aliphatic carbocycles. The number of halogens is 1. The third-order valence-electron chi connectivity index (χ3n) is 1.31. The van der Waals surface area contributed by atoms with E-state index in [4.69, 9.17) is 4.74 Å². The molecular formula is C7H10BrMgNOS. The Labute approximate surface area is 99.9 Å². The summed E-state index contributed by atoms with van der Waals surface area (Å²) in [6.45, 7) is 2.00. The molecule has 1 aliphatic rings. The van der Waals surface area contributed by atoms with Crippen LogP contribution in [0.3, 0.4) is 0 Å². The Morgan fingerprint density at radius 2 is 2.08 bits per heavy atom. The number of thiazole rings is 1. The Balaban J connectivity index is 0.000000189. The SMILES string of the molecule is C1CCOC1.[Br-].[Mg+][c]1nccs1. The van der Waals surface area contributed by atoms with Gasteiger partial charge in [0.25, 0.3) is 0 Å². The fourth-order valence-electron chi connectivity index (χ4n) is 0.763. The molecule has 0 aromatic carbocycles. The van der Waals surface area contributed by atoms with E-state index < -0.39 is 0 Å². The van der Waals surface area contributed by atoms with Crippen molar-refractivity contribution in [3.05, 3.63) is 11.6 Å². The number of ether oxygens (including phenoxy) is 1. The molecule has 5 heteroatoms. The van der Waals surface area contributed by atoms with Gasteiger partial charge in [0.05, 0.1) is 0 Å². The summed E-state index contributed by atoms with van der Waals surface area (Å²) in [4.78, 5) is 3.95. The summed E-state index contributed by atoms with van der Waals surface area (Å²) in [6, 6.07) is 0. The maximum absolute atomic E-state index is 4.94. The molecule has 0 bridgehead atoms. The molecule has 0 radical (unpaired) electrons. The molecular weight excluding hydrogens is 250 g/mol. The molecule has 0 spiro atoms. The van der Waals surface area contributed by atoms with Crippen LogP contribution in [-0.2, 0) is 4.74 Å². The predicted molar refractivity (Wildman–Crippen MR) is 47.6 cm³/mol. The summed E-state index contributed by atoms with van der Waals surface area (Å²) in [7, 11) is 0. The minimum atomic E-state index is 0. The molecule has 0 saturated carbocycles. The number of rotatable bonds is 0. The average Bonchev–Trinajstić information content (AvgIpc) is 2.57. The standard InChI is InChI=1S/C4H8O.C3H2NS.BrH.Mg/c1-2-4-5-3-1;1-2-5-3-4-1;;/h1-4H2;1-2H;1H;/q;;;+1/p-1. The van der Waals surface area contributed by atoms with Gasteiger partial charge in [0.2, 0.25) is 0 Å². The van der Waals surface area contributed by atoms with E-state index in [-0.39, 0.29) is 17.0 Å². The molecule has 1 aromatic rings. The van der Waals surface area contributed by atoms with Crippen molar-refractivity contribution < 1.29 is 21.7 Å². The Bertz CT molecular complexity index is 172. The van der Waals surface area contributed by atoms with Crippen molar-refractivity contribution in [2.24, 2.45) is 0 Å². The van der Waals surface area contributed by atoms with Gasteiger partial charge < -0.3 is 21.7 Å². The van der Waals surface area contributed by atoms with Crippen molar-refractivity contribution in [1.29, 1.82) is 0 Å². The van der Waals surface area contributed by atoms with Crippen LogP contribution in [0.1, 0.15) is 12.8 Å².